The van der Waals surface area contributed by atoms with Crippen LogP contribution in [-0.2, 0) is 4.74 Å². The molecule has 2 heterocycles. The predicted octanol–water partition coefficient (Wildman–Crippen LogP) is 1.40. The molecule has 0 aliphatic carbocycles. The quantitative estimate of drug-likeness (QED) is 0.840. The van der Waals surface area contributed by atoms with Crippen LogP contribution in [0.4, 0.5) is 5.69 Å². The summed E-state index contributed by atoms with van der Waals surface area (Å²) < 4.78 is 5.55. The van der Waals surface area contributed by atoms with Gasteiger partial charge in [0.15, 0.2) is 0 Å². The zero-order chi connectivity index (χ0) is 12.3. The fourth-order valence-electron chi connectivity index (χ4n) is 2.03. The van der Waals surface area contributed by atoms with E-state index in [4.69, 9.17) is 9.84 Å². The number of carbonyl (C=O) groups is 1. The highest BCUT2D eigenvalue weighted by molar-refractivity contribution is 5.94. The number of anilines is 1. The minimum absolute atomic E-state index is 0.111. The maximum absolute atomic E-state index is 11.1. The van der Waals surface area contributed by atoms with Gasteiger partial charge in [0.05, 0.1) is 23.6 Å². The van der Waals surface area contributed by atoms with Gasteiger partial charge >= 0.3 is 5.97 Å². The van der Waals surface area contributed by atoms with Crippen molar-refractivity contribution in [3.05, 3.63) is 24.0 Å². The molecule has 5 nitrogen and oxygen atoms in total. The third kappa shape index (κ3) is 2.74. The Kier molecular flexibility index (Phi) is 3.58. The summed E-state index contributed by atoms with van der Waals surface area (Å²) in [4.78, 5) is 17.2. The van der Waals surface area contributed by atoms with E-state index in [0.717, 1.165) is 19.6 Å². The lowest BCUT2D eigenvalue weighted by Crippen LogP contribution is -2.31. The van der Waals surface area contributed by atoms with E-state index in [1.165, 1.54) is 12.3 Å². The van der Waals surface area contributed by atoms with Crippen molar-refractivity contribution in [2.24, 2.45) is 0 Å². The molecule has 17 heavy (non-hydrogen) atoms. The van der Waals surface area contributed by atoms with Crippen LogP contribution in [0.25, 0.3) is 0 Å². The third-order valence-electron chi connectivity index (χ3n) is 2.82. The Hall–Kier alpha value is -1.62. The molecule has 0 aromatic carbocycles. The fourth-order valence-corrected chi connectivity index (χ4v) is 2.03. The first-order chi connectivity index (χ1) is 8.18. The second kappa shape index (κ2) is 5.14. The van der Waals surface area contributed by atoms with Crippen LogP contribution in [-0.4, -0.2) is 41.9 Å². The summed E-state index contributed by atoms with van der Waals surface area (Å²) in [6.07, 6.45) is 4.13. The first kappa shape index (κ1) is 11.9. The van der Waals surface area contributed by atoms with Crippen molar-refractivity contribution in [2.45, 2.75) is 19.4 Å². The molecule has 0 saturated carbocycles. The Morgan fingerprint density at radius 1 is 1.65 bits per heavy atom. The van der Waals surface area contributed by atoms with E-state index in [1.807, 2.05) is 11.8 Å². The average Bonchev–Trinajstić information content (AvgIpc) is 2.54. The molecule has 1 aliphatic heterocycles. The van der Waals surface area contributed by atoms with E-state index in [9.17, 15) is 4.79 Å². The van der Waals surface area contributed by atoms with Crippen molar-refractivity contribution < 1.29 is 14.6 Å². The van der Waals surface area contributed by atoms with Gasteiger partial charge in [-0.1, -0.05) is 0 Å². The number of aromatic carboxylic acids is 1. The molecule has 1 fully saturated rings. The molecule has 1 atom stereocenters. The van der Waals surface area contributed by atoms with Crippen molar-refractivity contribution in [3.63, 3.8) is 0 Å². The molecule has 1 N–H and O–H groups in total. The number of aromatic nitrogens is 1. The van der Waals surface area contributed by atoms with Crippen LogP contribution in [0.3, 0.4) is 0 Å². The first-order valence-electron chi connectivity index (χ1n) is 5.72. The number of pyridine rings is 1. The summed E-state index contributed by atoms with van der Waals surface area (Å²) in [5.74, 6) is -0.916. The van der Waals surface area contributed by atoms with E-state index in [1.54, 1.807) is 6.20 Å². The molecule has 1 saturated heterocycles. The molecule has 2 rings (SSSR count). The molecule has 0 radical (unpaired) electrons. The van der Waals surface area contributed by atoms with Crippen molar-refractivity contribution in [1.82, 2.24) is 4.98 Å². The van der Waals surface area contributed by atoms with Crippen molar-refractivity contribution in [1.29, 1.82) is 0 Å². The summed E-state index contributed by atoms with van der Waals surface area (Å²) in [5, 5.41) is 9.15. The molecular formula is C12H16N2O3. The number of carboxylic acids is 1. The van der Waals surface area contributed by atoms with Crippen molar-refractivity contribution in [3.8, 4) is 0 Å². The van der Waals surface area contributed by atoms with Crippen LogP contribution >= 0.6 is 0 Å². The van der Waals surface area contributed by atoms with Crippen LogP contribution in [0.1, 0.15) is 23.7 Å². The Bertz CT molecular complexity index is 408. The third-order valence-corrected chi connectivity index (χ3v) is 2.82. The van der Waals surface area contributed by atoms with Gasteiger partial charge in [-0.15, -0.1) is 0 Å². The normalized spacial score (nSPS) is 21.0. The number of hydrogen-bond donors (Lipinski definition) is 1. The Balaban J connectivity index is 2.28. The Morgan fingerprint density at radius 3 is 3.24 bits per heavy atom. The standard InChI is InChI=1S/C12H16N2O3/c1-9-8-14(5-2-6-17-9)11-7-13-4-3-10(11)12(15)16/h3-4,7,9H,2,5-6,8H2,1H3,(H,15,16). The van der Waals surface area contributed by atoms with Gasteiger partial charge < -0.3 is 14.7 Å². The van der Waals surface area contributed by atoms with Gasteiger partial charge in [-0.3, -0.25) is 4.98 Å². The van der Waals surface area contributed by atoms with Gasteiger partial charge in [-0.2, -0.15) is 0 Å². The largest absolute Gasteiger partial charge is 0.478 e. The maximum atomic E-state index is 11.1. The second-order valence-corrected chi connectivity index (χ2v) is 4.18. The van der Waals surface area contributed by atoms with Crippen LogP contribution < -0.4 is 4.90 Å². The lowest BCUT2D eigenvalue weighted by Gasteiger charge is -2.25. The van der Waals surface area contributed by atoms with Gasteiger partial charge in [0.1, 0.15) is 0 Å². The zero-order valence-electron chi connectivity index (χ0n) is 9.80. The second-order valence-electron chi connectivity index (χ2n) is 4.18. The van der Waals surface area contributed by atoms with E-state index >= 15 is 0 Å². The molecule has 0 spiro atoms. The highest BCUT2D eigenvalue weighted by atomic mass is 16.5. The minimum Gasteiger partial charge on any atom is -0.478 e. The van der Waals surface area contributed by atoms with Gasteiger partial charge in [0.2, 0.25) is 0 Å². The van der Waals surface area contributed by atoms with E-state index in [2.05, 4.69) is 4.98 Å². The smallest absolute Gasteiger partial charge is 0.337 e. The number of hydrogen-bond acceptors (Lipinski definition) is 4. The maximum Gasteiger partial charge on any atom is 0.337 e. The van der Waals surface area contributed by atoms with Crippen molar-refractivity contribution >= 4 is 11.7 Å². The number of carboxylic acid groups (broad SMARTS) is 1. The van der Waals surface area contributed by atoms with Crippen LogP contribution in [0.5, 0.6) is 0 Å². The van der Waals surface area contributed by atoms with Crippen LogP contribution in [0, 0.1) is 0 Å². The highest BCUT2D eigenvalue weighted by Gasteiger charge is 2.20. The Labute approximate surface area is 100 Å². The zero-order valence-corrected chi connectivity index (χ0v) is 9.80. The topological polar surface area (TPSA) is 62.7 Å². The highest BCUT2D eigenvalue weighted by Crippen LogP contribution is 2.21. The number of ether oxygens (including phenoxy) is 1. The fraction of sp³-hybridized carbons (Fsp3) is 0.500. The van der Waals surface area contributed by atoms with E-state index in [-0.39, 0.29) is 6.10 Å². The van der Waals surface area contributed by atoms with Crippen LogP contribution in [0.15, 0.2) is 18.5 Å². The lowest BCUT2D eigenvalue weighted by atomic mass is 10.2. The van der Waals surface area contributed by atoms with E-state index in [0.29, 0.717) is 17.8 Å². The summed E-state index contributed by atoms with van der Waals surface area (Å²) >= 11 is 0. The molecule has 5 heteroatoms. The molecule has 0 bridgehead atoms. The summed E-state index contributed by atoms with van der Waals surface area (Å²) in [6, 6.07) is 1.54. The van der Waals surface area contributed by atoms with Gasteiger partial charge in [0.25, 0.3) is 0 Å². The van der Waals surface area contributed by atoms with Gasteiger partial charge in [0, 0.05) is 25.9 Å². The molecule has 1 aromatic heterocycles. The first-order valence-corrected chi connectivity index (χ1v) is 5.72. The Morgan fingerprint density at radius 2 is 2.47 bits per heavy atom. The summed E-state index contributed by atoms with van der Waals surface area (Å²) in [6.45, 7) is 4.22. The lowest BCUT2D eigenvalue weighted by molar-refractivity contribution is 0.0696. The number of rotatable bonds is 2. The molecule has 1 aromatic rings. The predicted molar refractivity (Wildman–Crippen MR) is 63.4 cm³/mol. The average molecular weight is 236 g/mol. The van der Waals surface area contributed by atoms with Crippen LogP contribution in [0.2, 0.25) is 0 Å². The molecule has 1 unspecified atom stereocenters. The molecule has 1 aliphatic rings. The summed E-state index contributed by atoms with van der Waals surface area (Å²) in [5.41, 5.74) is 0.978. The molecule has 92 valence electrons. The summed E-state index contributed by atoms with van der Waals surface area (Å²) in [7, 11) is 0. The SMILES string of the molecule is CC1CN(c2cnccc2C(=O)O)CCCO1. The van der Waals surface area contributed by atoms with Crippen molar-refractivity contribution in [2.75, 3.05) is 24.6 Å². The van der Waals surface area contributed by atoms with Gasteiger partial charge in [-0.25, -0.2) is 4.79 Å². The minimum atomic E-state index is -0.916. The molecular weight excluding hydrogens is 220 g/mol. The monoisotopic (exact) mass is 236 g/mol. The molecule has 0 amide bonds. The van der Waals surface area contributed by atoms with E-state index < -0.39 is 5.97 Å². The van der Waals surface area contributed by atoms with Gasteiger partial charge in [-0.05, 0) is 19.4 Å². The number of nitrogens with zero attached hydrogens (tertiary/aromatic N) is 2.